The molecule has 76 heavy (non-hydrogen) atoms. The van der Waals surface area contributed by atoms with E-state index in [2.05, 4.69) is 228 Å². The van der Waals surface area contributed by atoms with E-state index in [1.807, 2.05) is 49.1 Å². The summed E-state index contributed by atoms with van der Waals surface area (Å²) in [6.07, 6.45) is 7.48. The topological polar surface area (TPSA) is 61.4 Å². The molecule has 15 aromatic rings. The Hall–Kier alpha value is -10.3. The number of fused-ring (bicyclic) bond motifs is 8. The Balaban J connectivity index is 1.12. The Labute approximate surface area is 438 Å². The molecule has 0 saturated carbocycles. The number of rotatable bonds is 8. The minimum Gasteiger partial charge on any atom is -0.309 e. The van der Waals surface area contributed by atoms with Gasteiger partial charge in [0.15, 0.2) is 0 Å². The number of hydrogen-bond acceptors (Lipinski definition) is 4. The number of benzene rings is 9. The van der Waals surface area contributed by atoms with Crippen LogP contribution in [0.1, 0.15) is 0 Å². The van der Waals surface area contributed by atoms with Crippen molar-refractivity contribution in [2.45, 2.75) is 0 Å². The highest BCUT2D eigenvalue weighted by molar-refractivity contribution is 6.23. The highest BCUT2D eigenvalue weighted by Gasteiger charge is 2.23. The van der Waals surface area contributed by atoms with Gasteiger partial charge in [-0.05, 0) is 177 Å². The molecule has 0 fully saturated rings. The highest BCUT2D eigenvalue weighted by atomic mass is 15.0. The van der Waals surface area contributed by atoms with Crippen LogP contribution in [-0.2, 0) is 0 Å². The summed E-state index contributed by atoms with van der Waals surface area (Å²) in [5.41, 5.74) is 18.7. The van der Waals surface area contributed by atoms with Crippen molar-refractivity contribution in [3.63, 3.8) is 0 Å². The Kier molecular flexibility index (Phi) is 10.1. The second-order valence-corrected chi connectivity index (χ2v) is 19.4. The molecule has 0 N–H and O–H groups in total. The van der Waals surface area contributed by atoms with Crippen LogP contribution in [0.25, 0.3) is 144 Å². The maximum Gasteiger partial charge on any atom is 0.0702 e. The van der Waals surface area contributed by atoms with Crippen molar-refractivity contribution in [2.24, 2.45) is 0 Å². The molecule has 0 atom stereocenters. The molecular weight excluding hydrogens is 925 g/mol. The van der Waals surface area contributed by atoms with Crippen molar-refractivity contribution in [3.05, 3.63) is 267 Å². The first-order valence-electron chi connectivity index (χ1n) is 25.7. The largest absolute Gasteiger partial charge is 0.309 e. The zero-order valence-electron chi connectivity index (χ0n) is 41.1. The normalized spacial score (nSPS) is 11.7. The average Bonchev–Trinajstić information content (AvgIpc) is 4.13. The molecule has 0 aliphatic carbocycles. The van der Waals surface area contributed by atoms with E-state index in [1.165, 1.54) is 21.5 Å². The molecule has 0 radical (unpaired) electrons. The lowest BCUT2D eigenvalue weighted by molar-refractivity contribution is 1.18. The van der Waals surface area contributed by atoms with E-state index in [1.54, 1.807) is 0 Å². The Morgan fingerprint density at radius 1 is 0.211 bits per heavy atom. The number of nitrogens with zero attached hydrogens (tertiary/aromatic N) is 6. The molecule has 0 amide bonds. The fourth-order valence-corrected chi connectivity index (χ4v) is 11.8. The van der Waals surface area contributed by atoms with Crippen LogP contribution in [0.15, 0.2) is 267 Å². The van der Waals surface area contributed by atoms with Crippen LogP contribution >= 0.6 is 0 Å². The molecule has 0 unspecified atom stereocenters. The van der Waals surface area contributed by atoms with Crippen molar-refractivity contribution in [1.29, 1.82) is 0 Å². The van der Waals surface area contributed by atoms with Crippen LogP contribution < -0.4 is 0 Å². The van der Waals surface area contributed by atoms with Gasteiger partial charge in [-0.1, -0.05) is 109 Å². The highest BCUT2D eigenvalue weighted by Crippen LogP contribution is 2.49. The quantitative estimate of drug-likeness (QED) is 0.142. The molecule has 0 saturated heterocycles. The third-order valence-electron chi connectivity index (χ3n) is 15.0. The summed E-state index contributed by atoms with van der Waals surface area (Å²) < 4.78 is 4.85. The van der Waals surface area contributed by atoms with E-state index in [9.17, 15) is 0 Å². The van der Waals surface area contributed by atoms with Crippen LogP contribution in [0, 0.1) is 0 Å². The fraction of sp³-hybridized carbons (Fsp3) is 0. The molecule has 354 valence electrons. The van der Waals surface area contributed by atoms with Gasteiger partial charge >= 0.3 is 0 Å². The lowest BCUT2D eigenvalue weighted by Gasteiger charge is -2.22. The third kappa shape index (κ3) is 7.11. The minimum atomic E-state index is 0.889. The van der Waals surface area contributed by atoms with Gasteiger partial charge in [0.25, 0.3) is 0 Å². The molecule has 15 rings (SSSR count). The second kappa shape index (κ2) is 17.7. The molecule has 9 aromatic carbocycles. The maximum absolute atomic E-state index is 4.92. The summed E-state index contributed by atoms with van der Waals surface area (Å²) in [5, 5.41) is 9.30. The van der Waals surface area contributed by atoms with E-state index in [0.717, 1.165) is 122 Å². The summed E-state index contributed by atoms with van der Waals surface area (Å²) in [7, 11) is 0. The molecular formula is C70H44N6. The number of hydrogen-bond donors (Lipinski definition) is 0. The van der Waals surface area contributed by atoms with Crippen molar-refractivity contribution < 1.29 is 0 Å². The van der Waals surface area contributed by atoms with Gasteiger partial charge in [0, 0.05) is 80.0 Å². The zero-order valence-corrected chi connectivity index (χ0v) is 41.1. The van der Waals surface area contributed by atoms with E-state index in [-0.39, 0.29) is 0 Å². The van der Waals surface area contributed by atoms with Crippen molar-refractivity contribution in [3.8, 4) is 78.7 Å². The smallest absolute Gasteiger partial charge is 0.0702 e. The first kappa shape index (κ1) is 43.3. The SMILES string of the molecule is c1ccc(-c2cc(-c3ccccn3)cc(-c3c4ccc(-n5c6ccccc6c6ccccc65)cc4c(-c4cc(-c5ccccn5)cc(-c5ccccn5)c4)c4ccc(-n5c6ccccc6c6ccccc65)cc34)c2)nc1. The fourth-order valence-electron chi connectivity index (χ4n) is 11.8. The third-order valence-corrected chi connectivity index (χ3v) is 15.0. The van der Waals surface area contributed by atoms with Crippen molar-refractivity contribution in [2.75, 3.05) is 0 Å². The van der Waals surface area contributed by atoms with Crippen molar-refractivity contribution in [1.82, 2.24) is 29.1 Å². The molecule has 0 aliphatic heterocycles. The van der Waals surface area contributed by atoms with E-state index < -0.39 is 0 Å². The van der Waals surface area contributed by atoms with E-state index >= 15 is 0 Å². The van der Waals surface area contributed by atoms with E-state index in [4.69, 9.17) is 19.9 Å². The molecule has 6 aromatic heterocycles. The monoisotopic (exact) mass is 968 g/mol. The lowest BCUT2D eigenvalue weighted by atomic mass is 9.83. The molecule has 6 nitrogen and oxygen atoms in total. The summed E-state index contributed by atoms with van der Waals surface area (Å²) >= 11 is 0. The lowest BCUT2D eigenvalue weighted by Crippen LogP contribution is -1.99. The Morgan fingerprint density at radius 3 is 0.776 bits per heavy atom. The van der Waals surface area contributed by atoms with Gasteiger partial charge in [0.1, 0.15) is 0 Å². The average molecular weight is 969 g/mol. The molecule has 6 heteroatoms. The van der Waals surface area contributed by atoms with Gasteiger partial charge < -0.3 is 9.13 Å². The standard InChI is InChI=1S/C70H44N6/c1-5-25-65-53(17-1)54-18-2-6-26-66(54)75(65)51-29-31-57-59(43-51)69(49-39-45(61-21-9-13-33-71-61)37-46(40-49)62-22-10-14-34-72-62)58-32-30-52(76-67-27-7-3-19-55(67)56-20-4-8-28-68(56)76)44-60(58)70(57)50-41-47(63-23-11-15-35-73-63)38-48(42-50)64-24-12-16-36-74-64/h1-44H. The van der Waals surface area contributed by atoms with Crippen LogP contribution in [0.4, 0.5) is 0 Å². The number of aromatic nitrogens is 6. The first-order chi connectivity index (χ1) is 37.7. The molecule has 0 spiro atoms. The van der Waals surface area contributed by atoms with Crippen molar-refractivity contribution >= 4 is 65.2 Å². The summed E-state index contributed by atoms with van der Waals surface area (Å²) in [6, 6.07) is 87.3. The van der Waals surface area contributed by atoms with Gasteiger partial charge in [-0.2, -0.15) is 0 Å². The van der Waals surface area contributed by atoms with Gasteiger partial charge in [-0.15, -0.1) is 0 Å². The summed E-state index contributed by atoms with van der Waals surface area (Å²) in [6.45, 7) is 0. The van der Waals surface area contributed by atoms with Crippen LogP contribution in [-0.4, -0.2) is 29.1 Å². The Morgan fingerprint density at radius 2 is 0.487 bits per heavy atom. The number of para-hydroxylation sites is 4. The predicted octanol–water partition coefficient (Wildman–Crippen LogP) is 17.8. The second-order valence-electron chi connectivity index (χ2n) is 19.4. The first-order valence-corrected chi connectivity index (χ1v) is 25.7. The molecule has 0 bridgehead atoms. The maximum atomic E-state index is 4.92. The van der Waals surface area contributed by atoms with E-state index in [0.29, 0.717) is 0 Å². The van der Waals surface area contributed by atoms with Crippen LogP contribution in [0.3, 0.4) is 0 Å². The van der Waals surface area contributed by atoms with Crippen LogP contribution in [0.2, 0.25) is 0 Å². The predicted molar refractivity (Wildman–Crippen MR) is 314 cm³/mol. The Bertz CT molecular complexity index is 4210. The minimum absolute atomic E-state index is 0.889. The van der Waals surface area contributed by atoms with Gasteiger partial charge in [0.05, 0.1) is 44.8 Å². The molecule has 6 heterocycles. The van der Waals surface area contributed by atoms with Crippen LogP contribution in [0.5, 0.6) is 0 Å². The van der Waals surface area contributed by atoms with Gasteiger partial charge in [0.2, 0.25) is 0 Å². The zero-order chi connectivity index (χ0) is 50.1. The number of pyridine rings is 4. The summed E-state index contributed by atoms with van der Waals surface area (Å²) in [5.74, 6) is 0. The van der Waals surface area contributed by atoms with Gasteiger partial charge in [-0.3, -0.25) is 19.9 Å². The summed E-state index contributed by atoms with van der Waals surface area (Å²) in [4.78, 5) is 19.7. The molecule has 0 aliphatic rings. The van der Waals surface area contributed by atoms with Gasteiger partial charge in [-0.25, -0.2) is 0 Å².